The van der Waals surface area contributed by atoms with Crippen molar-refractivity contribution in [1.82, 2.24) is 0 Å². The second-order valence-electron chi connectivity index (χ2n) is 28.0. The summed E-state index contributed by atoms with van der Waals surface area (Å²) in [4.78, 5) is 132. The Morgan fingerprint density at radius 1 is 0.324 bits per heavy atom. The number of hydrogen-bond acceptors (Lipinski definition) is 22. The molecule has 734 valence electrons. The predicted octanol–water partition coefficient (Wildman–Crippen LogP) is 11.7. The summed E-state index contributed by atoms with van der Waals surface area (Å²) in [6.07, 6.45) is 13.6. The quantitative estimate of drug-likeness (QED) is 0.0192. The van der Waals surface area contributed by atoms with Crippen LogP contribution in [-0.2, 0) is 180 Å². The number of aliphatic carboxylic acids is 4. The summed E-state index contributed by atoms with van der Waals surface area (Å²) in [5.41, 5.74) is 19.9. The maximum Gasteiger partial charge on any atom is 2.00 e. The number of allylic oxidation sites excluding steroid dienone is 8. The normalized spacial score (nSPS) is 12.0. The Labute approximate surface area is 862 Å². The first-order valence-electron chi connectivity index (χ1n) is 38.6. The van der Waals surface area contributed by atoms with Crippen molar-refractivity contribution in [3.8, 4) is 0 Å². The van der Waals surface area contributed by atoms with Gasteiger partial charge in [0.1, 0.15) is 0 Å². The third-order valence-corrected chi connectivity index (χ3v) is 22.4. The number of benzene rings is 8. The second kappa shape index (κ2) is 65.4. The number of nitrogens with two attached hydrogens (primary N) is 6. The topological polar surface area (TPSA) is 641 Å². The summed E-state index contributed by atoms with van der Waals surface area (Å²) in [7, 11) is -16.2. The molecule has 136 heavy (non-hydrogen) atoms. The van der Waals surface area contributed by atoms with E-state index in [1.54, 1.807) is 0 Å². The van der Waals surface area contributed by atoms with Gasteiger partial charge >= 0.3 is 74.2 Å². The molecule has 8 aromatic rings. The van der Waals surface area contributed by atoms with Crippen molar-refractivity contribution < 1.29 is 231 Å². The van der Waals surface area contributed by atoms with Crippen molar-refractivity contribution in [3.63, 3.8) is 0 Å². The van der Waals surface area contributed by atoms with Gasteiger partial charge in [-0.3, -0.25) is 57.5 Å². The molecule has 0 unspecified atom stereocenters. The van der Waals surface area contributed by atoms with Crippen LogP contribution in [-0.4, -0.2) is 135 Å². The summed E-state index contributed by atoms with van der Waals surface area (Å²) in [5.74, 6) is -5.73. The third-order valence-electron chi connectivity index (χ3n) is 18.6. The van der Waals surface area contributed by atoms with Gasteiger partial charge in [-0.25, -0.2) is 54.2 Å². The van der Waals surface area contributed by atoms with Gasteiger partial charge < -0.3 is 98.2 Å². The predicted molar refractivity (Wildman–Crippen MR) is 494 cm³/mol. The van der Waals surface area contributed by atoms with Gasteiger partial charge in [-0.2, -0.15) is 51.4 Å². The first-order valence-corrected chi connectivity index (χ1v) is 44.8. The Hall–Kier alpha value is -9.50. The average molecular weight is 2200 g/mol. The standard InChI is InChI=1S/2C22H21NO4S.2C11H15N.2C10H7NO4S.4C2H4O2.2Cu.2H2O.4V/c1-3-15(4-2)16-8-5-7-14(11-16)12-17-13-19(24)21-18(22(17)25)9-6-10-20(21)28(23,26)27;1-3-14(4-2)17-9-6-5-8-15(17)12-16-13-19(24)21-18(22(16)25)10-7-11-20(21)28(23,26)27;1-3-9(4-2)10-6-5-7-11(12)8-10;1-3-9(4-2)10-7-5-6-8-11(10)12;2*11-16(14,15)9-3-1-2-6-7(12)4-5-8(13)10(6)9;4*1-2(3)4;;;;;;;;/h5-11,13,15H,1-4,12H2,(H2,23,26,27);5-11,13-14H,1-4,12H2,(H2,23,26,27);2*5-9H,1-4,12H2;2*1-5H,(H2,11,14,15);4*1H3,(H,3,4);;;2*1H2;;;;/q4*-2;;;;;;;;;;;4*+2. The summed E-state index contributed by atoms with van der Waals surface area (Å²) in [5, 5.41) is 50.0. The number of carbonyl (C=O) groups excluding carboxylic acids is 8. The van der Waals surface area contributed by atoms with Crippen LogP contribution in [0.3, 0.4) is 0 Å². The van der Waals surface area contributed by atoms with Gasteiger partial charge in [0.25, 0.3) is 23.9 Å². The minimum Gasteiger partial charge on any atom is -0.481 e. The van der Waals surface area contributed by atoms with Crippen LogP contribution in [0.1, 0.15) is 219 Å². The number of rotatable bonds is 20. The first kappa shape index (κ1) is 137. The van der Waals surface area contributed by atoms with Crippen LogP contribution >= 0.6 is 0 Å². The van der Waals surface area contributed by atoms with Crippen molar-refractivity contribution >= 4 is 122 Å². The zero-order valence-electron chi connectivity index (χ0n) is 74.1. The molecule has 0 aliphatic heterocycles. The Morgan fingerprint density at radius 2 is 0.588 bits per heavy atom. The van der Waals surface area contributed by atoms with Gasteiger partial charge in [-0.15, -0.1) is 0 Å². The van der Waals surface area contributed by atoms with Gasteiger partial charge in [0.15, 0.2) is 46.3 Å². The molecule has 0 spiro atoms. The molecule has 4 aliphatic carbocycles. The number of ketones is 8. The Balaban J connectivity index is -0.000000365. The Morgan fingerprint density at radius 3 is 0.904 bits per heavy atom. The molecule has 6 radical (unpaired) electrons. The molecular weight excluding hydrogens is 2090 g/mol. The van der Waals surface area contributed by atoms with Crippen LogP contribution in [0, 0.1) is 55.4 Å². The molecule has 0 saturated heterocycles. The van der Waals surface area contributed by atoms with E-state index >= 15 is 0 Å². The molecule has 42 heteroatoms. The summed E-state index contributed by atoms with van der Waals surface area (Å²) in [6, 6.07) is 47.6. The number of para-hydroxylation sites is 1. The molecule has 0 heterocycles. The van der Waals surface area contributed by atoms with Crippen molar-refractivity contribution in [2.45, 2.75) is 135 Å². The van der Waals surface area contributed by atoms with Crippen LogP contribution in [0.15, 0.2) is 237 Å². The molecule has 12 rings (SSSR count). The SMILES string of the molecule is CC(=O)O.CC(=O)O.CC(=O)O.CC(=O)O.NS(=O)(=O)c1cccc2c1C(=O)C=CC2=O.NS(=O)(=O)c1cccc2c1C(=O)C=CC2=O.O.O.[CH2-]CC(C[CH2-])c1cccc(CC2=CC(=O)c3c(cccc3S(N)(=O)=O)C2=O)c1.[CH2-]CC(C[CH2-])c1cccc(N)c1.[CH2-]CC(C[CH2-])c1ccccc1CC1=CC(=O)c2c(cccc2S(N)(=O)=O)C1=O.[CH2-]CC(C[CH2-])c1ccccc1N.[Cu].[Cu].[V+2].[V+2].[V+2].[V+2]. The summed E-state index contributed by atoms with van der Waals surface area (Å²) < 4.78 is 92.1. The molecule has 32 nitrogen and oxygen atoms in total. The minimum atomic E-state index is -4.12. The van der Waals surface area contributed by atoms with Gasteiger partial charge in [0.05, 0.1) is 41.8 Å². The second-order valence-corrected chi connectivity index (χ2v) is 34.1. The number of carboxylic acids is 4. The number of anilines is 2. The molecule has 0 atom stereocenters. The van der Waals surface area contributed by atoms with Crippen LogP contribution in [0.5, 0.6) is 0 Å². The number of carbonyl (C=O) groups is 12. The van der Waals surface area contributed by atoms with Crippen molar-refractivity contribution in [2.24, 2.45) is 20.6 Å². The summed E-state index contributed by atoms with van der Waals surface area (Å²) >= 11 is 0. The molecule has 0 aromatic heterocycles. The molecule has 0 saturated carbocycles. The number of fused-ring (bicyclic) bond motifs is 4. The largest absolute Gasteiger partial charge is 2.00 e. The van der Waals surface area contributed by atoms with E-state index in [9.17, 15) is 72.0 Å². The monoisotopic (exact) mass is 2190 g/mol. The van der Waals surface area contributed by atoms with E-state index in [2.05, 4.69) is 67.5 Å². The fourth-order valence-corrected chi connectivity index (χ4v) is 15.8. The van der Waals surface area contributed by atoms with Crippen LogP contribution in [0.4, 0.5) is 11.4 Å². The number of carboxylic acid groups (broad SMARTS) is 4. The van der Waals surface area contributed by atoms with E-state index in [4.69, 9.17) is 71.6 Å². The number of hydrogen-bond donors (Lipinski definition) is 10. The molecule has 8 aromatic carbocycles. The Bertz CT molecular complexity index is 5920. The van der Waals surface area contributed by atoms with Crippen molar-refractivity contribution in [3.05, 3.63) is 351 Å². The Kier molecular flexibility index (Phi) is 66.0. The number of nitrogen functional groups attached to an aromatic ring is 2. The van der Waals surface area contributed by atoms with Crippen molar-refractivity contribution in [2.75, 3.05) is 11.5 Å². The van der Waals surface area contributed by atoms with E-state index < -0.39 is 98.7 Å². The maximum absolute atomic E-state index is 13.0. The van der Waals surface area contributed by atoms with E-state index in [0.29, 0.717) is 35.8 Å². The van der Waals surface area contributed by atoms with E-state index in [0.717, 1.165) is 124 Å². The molecule has 0 bridgehead atoms. The summed E-state index contributed by atoms with van der Waals surface area (Å²) in [6.45, 7) is 35.7. The van der Waals surface area contributed by atoms with Crippen LogP contribution in [0.2, 0.25) is 0 Å². The van der Waals surface area contributed by atoms with E-state index in [1.165, 1.54) is 96.1 Å². The maximum atomic E-state index is 13.0. The molecule has 0 amide bonds. The molecular formula is C94H106Cu2N6O26S4V4. The van der Waals surface area contributed by atoms with Crippen LogP contribution < -0.4 is 32.0 Å². The zero-order valence-corrected chi connectivity index (χ0v) is 84.8. The van der Waals surface area contributed by atoms with E-state index in [1.807, 2.05) is 84.9 Å². The van der Waals surface area contributed by atoms with Crippen molar-refractivity contribution in [1.29, 1.82) is 0 Å². The van der Waals surface area contributed by atoms with Gasteiger partial charge in [0, 0.05) is 119 Å². The van der Waals surface area contributed by atoms with Gasteiger partial charge in [0.2, 0.25) is 40.1 Å². The zero-order chi connectivity index (χ0) is 97.1. The molecule has 20 N–H and O–H groups in total. The average Bonchev–Trinajstić information content (AvgIpc) is 1.55. The van der Waals surface area contributed by atoms with Gasteiger partial charge in [-0.05, 0) is 112 Å². The fraction of sp³-hybridized carbons (Fsp3) is 0.191. The minimum absolute atomic E-state index is 0. The molecule has 0 fully saturated rings. The third kappa shape index (κ3) is 42.9. The first-order chi connectivity index (χ1) is 59.8. The van der Waals surface area contributed by atoms with Crippen LogP contribution in [0.25, 0.3) is 0 Å². The molecule has 4 aliphatic rings. The number of primary sulfonamides is 4. The smallest absolute Gasteiger partial charge is 0.481 e. The fourth-order valence-electron chi connectivity index (χ4n) is 12.8. The van der Waals surface area contributed by atoms with E-state index in [-0.39, 0.29) is 220 Å². The number of Topliss-reactive ketones (excluding diaryl/α,β-unsaturated/α-hetero) is 2. The van der Waals surface area contributed by atoms with Gasteiger partial charge in [-0.1, -0.05) is 151 Å². The number of sulfonamides is 4.